The highest BCUT2D eigenvalue weighted by molar-refractivity contribution is 5.68. The van der Waals surface area contributed by atoms with E-state index >= 15 is 0 Å². The van der Waals surface area contributed by atoms with Gasteiger partial charge in [0, 0.05) is 12.8 Å². The van der Waals surface area contributed by atoms with Crippen LogP contribution in [-0.4, -0.2) is 57.9 Å². The third-order valence-electron chi connectivity index (χ3n) is 4.31. The van der Waals surface area contributed by atoms with Crippen molar-refractivity contribution in [2.45, 2.75) is 95.5 Å². The Bertz CT molecular complexity index is 358. The van der Waals surface area contributed by atoms with Crippen LogP contribution in [0.3, 0.4) is 0 Å². The minimum absolute atomic E-state index is 0.0322. The molecular weight excluding hydrogens is 324 g/mol. The SMILES string of the molecule is CCC(O)C(O)CC(O)C(O)CC=CCCCCCCCC(=O)OC. The Balaban J connectivity index is 3.65. The van der Waals surface area contributed by atoms with Crippen molar-refractivity contribution >= 4 is 5.97 Å². The minimum atomic E-state index is -1.05. The molecule has 0 aliphatic carbocycles. The van der Waals surface area contributed by atoms with Crippen LogP contribution in [0, 0.1) is 0 Å². The molecule has 0 bridgehead atoms. The molecule has 6 heteroatoms. The molecule has 0 heterocycles. The molecule has 0 aliphatic rings. The predicted molar refractivity (Wildman–Crippen MR) is 97.0 cm³/mol. The van der Waals surface area contributed by atoms with E-state index in [1.165, 1.54) is 7.11 Å². The first-order valence-corrected chi connectivity index (χ1v) is 9.36. The predicted octanol–water partition coefficient (Wildman–Crippen LogP) is 2.08. The first-order chi connectivity index (χ1) is 11.9. The van der Waals surface area contributed by atoms with Crippen molar-refractivity contribution in [1.29, 1.82) is 0 Å². The number of unbranched alkanes of at least 4 members (excludes halogenated alkanes) is 5. The zero-order valence-electron chi connectivity index (χ0n) is 15.6. The molecule has 6 nitrogen and oxygen atoms in total. The van der Waals surface area contributed by atoms with Crippen molar-refractivity contribution in [3.63, 3.8) is 0 Å². The first-order valence-electron chi connectivity index (χ1n) is 9.36. The van der Waals surface area contributed by atoms with Gasteiger partial charge in [0.05, 0.1) is 31.5 Å². The summed E-state index contributed by atoms with van der Waals surface area (Å²) in [5.41, 5.74) is 0. The van der Waals surface area contributed by atoms with Gasteiger partial charge in [-0.15, -0.1) is 0 Å². The van der Waals surface area contributed by atoms with Gasteiger partial charge in [0.2, 0.25) is 0 Å². The summed E-state index contributed by atoms with van der Waals surface area (Å²) in [6, 6.07) is 0. The Kier molecular flexibility index (Phi) is 14.7. The lowest BCUT2D eigenvalue weighted by Crippen LogP contribution is -2.35. The molecule has 0 aromatic rings. The summed E-state index contributed by atoms with van der Waals surface area (Å²) in [7, 11) is 1.40. The van der Waals surface area contributed by atoms with Crippen molar-refractivity contribution in [1.82, 2.24) is 0 Å². The fourth-order valence-electron chi connectivity index (χ4n) is 2.51. The zero-order chi connectivity index (χ0) is 19.1. The molecule has 0 aromatic carbocycles. The van der Waals surface area contributed by atoms with Crippen molar-refractivity contribution in [3.05, 3.63) is 12.2 Å². The Morgan fingerprint density at radius 3 is 2.12 bits per heavy atom. The van der Waals surface area contributed by atoms with Gasteiger partial charge in [0.15, 0.2) is 0 Å². The Morgan fingerprint density at radius 2 is 1.48 bits per heavy atom. The average molecular weight is 360 g/mol. The lowest BCUT2D eigenvalue weighted by Gasteiger charge is -2.22. The molecule has 0 fully saturated rings. The topological polar surface area (TPSA) is 107 Å². The van der Waals surface area contributed by atoms with Gasteiger partial charge in [-0.3, -0.25) is 4.79 Å². The van der Waals surface area contributed by atoms with Gasteiger partial charge < -0.3 is 25.2 Å². The standard InChI is InChI=1S/C19H36O6/c1-3-15(20)17(22)14-18(23)16(21)12-10-8-6-4-5-7-9-11-13-19(24)25-2/h8,10,15-18,20-23H,3-7,9,11-14H2,1-2H3. The molecule has 0 saturated heterocycles. The van der Waals surface area contributed by atoms with Gasteiger partial charge in [-0.25, -0.2) is 0 Å². The van der Waals surface area contributed by atoms with E-state index in [1.54, 1.807) is 6.92 Å². The molecule has 25 heavy (non-hydrogen) atoms. The van der Waals surface area contributed by atoms with E-state index < -0.39 is 24.4 Å². The quantitative estimate of drug-likeness (QED) is 0.202. The highest BCUT2D eigenvalue weighted by atomic mass is 16.5. The van der Waals surface area contributed by atoms with Crippen molar-refractivity contribution < 1.29 is 30.0 Å². The van der Waals surface area contributed by atoms with E-state index in [0.717, 1.165) is 38.5 Å². The number of allylic oxidation sites excluding steroid dienone is 1. The van der Waals surface area contributed by atoms with E-state index in [2.05, 4.69) is 4.74 Å². The van der Waals surface area contributed by atoms with E-state index in [0.29, 0.717) is 19.3 Å². The van der Waals surface area contributed by atoms with E-state index in [9.17, 15) is 25.2 Å². The number of ether oxygens (including phenoxy) is 1. The fraction of sp³-hybridized carbons (Fsp3) is 0.842. The van der Waals surface area contributed by atoms with Gasteiger partial charge in [0.25, 0.3) is 0 Å². The van der Waals surface area contributed by atoms with Crippen LogP contribution in [0.1, 0.15) is 71.1 Å². The van der Waals surface area contributed by atoms with Crippen LogP contribution in [0.2, 0.25) is 0 Å². The van der Waals surface area contributed by atoms with Crippen molar-refractivity contribution in [2.75, 3.05) is 7.11 Å². The maximum atomic E-state index is 10.9. The molecule has 0 spiro atoms. The van der Waals surface area contributed by atoms with Crippen LogP contribution >= 0.6 is 0 Å². The molecule has 0 amide bonds. The molecule has 0 rings (SSSR count). The number of carbonyl (C=O) groups is 1. The lowest BCUT2D eigenvalue weighted by atomic mass is 9.99. The summed E-state index contributed by atoms with van der Waals surface area (Å²) in [5, 5.41) is 38.8. The molecule has 148 valence electrons. The maximum absolute atomic E-state index is 10.9. The van der Waals surface area contributed by atoms with Gasteiger partial charge in [0.1, 0.15) is 0 Å². The summed E-state index contributed by atoms with van der Waals surface area (Å²) < 4.78 is 4.58. The lowest BCUT2D eigenvalue weighted by molar-refractivity contribution is -0.140. The maximum Gasteiger partial charge on any atom is 0.305 e. The van der Waals surface area contributed by atoms with E-state index in [1.807, 2.05) is 12.2 Å². The van der Waals surface area contributed by atoms with Gasteiger partial charge in [-0.05, 0) is 32.1 Å². The number of hydrogen-bond donors (Lipinski definition) is 4. The van der Waals surface area contributed by atoms with Gasteiger partial charge >= 0.3 is 5.97 Å². The monoisotopic (exact) mass is 360 g/mol. The number of esters is 1. The first kappa shape index (κ1) is 24.1. The van der Waals surface area contributed by atoms with Crippen LogP contribution in [0.15, 0.2) is 12.2 Å². The second-order valence-electron chi connectivity index (χ2n) is 6.50. The number of aliphatic hydroxyl groups excluding tert-OH is 4. The average Bonchev–Trinajstić information content (AvgIpc) is 2.61. The second kappa shape index (κ2) is 15.3. The van der Waals surface area contributed by atoms with Crippen LogP contribution < -0.4 is 0 Å². The molecule has 0 aromatic heterocycles. The normalized spacial score (nSPS) is 16.6. The molecule has 0 aliphatic heterocycles. The highest BCUT2D eigenvalue weighted by Gasteiger charge is 2.22. The smallest absolute Gasteiger partial charge is 0.305 e. The highest BCUT2D eigenvalue weighted by Crippen LogP contribution is 2.12. The fourth-order valence-corrected chi connectivity index (χ4v) is 2.51. The molecule has 4 N–H and O–H groups in total. The zero-order valence-corrected chi connectivity index (χ0v) is 15.6. The number of methoxy groups -OCH3 is 1. The van der Waals surface area contributed by atoms with Gasteiger partial charge in [-0.2, -0.15) is 0 Å². The minimum Gasteiger partial charge on any atom is -0.469 e. The third kappa shape index (κ3) is 13.0. The largest absolute Gasteiger partial charge is 0.469 e. The van der Waals surface area contributed by atoms with Crippen LogP contribution in [0.25, 0.3) is 0 Å². The van der Waals surface area contributed by atoms with Crippen LogP contribution in [-0.2, 0) is 9.53 Å². The van der Waals surface area contributed by atoms with E-state index in [-0.39, 0.29) is 12.4 Å². The second-order valence-corrected chi connectivity index (χ2v) is 6.50. The summed E-state index contributed by atoms with van der Waals surface area (Å²) in [6.07, 6.45) is 7.19. The summed E-state index contributed by atoms with van der Waals surface area (Å²) in [6.45, 7) is 1.75. The Hall–Kier alpha value is -0.950. The van der Waals surface area contributed by atoms with Crippen molar-refractivity contribution in [2.24, 2.45) is 0 Å². The number of rotatable bonds is 15. The Morgan fingerprint density at radius 1 is 0.880 bits per heavy atom. The summed E-state index contributed by atoms with van der Waals surface area (Å²) in [5.74, 6) is -0.152. The molecular formula is C19H36O6. The number of carbonyl (C=O) groups excluding carboxylic acids is 1. The number of aliphatic hydroxyl groups is 4. The van der Waals surface area contributed by atoms with E-state index in [4.69, 9.17) is 0 Å². The number of hydrogen-bond acceptors (Lipinski definition) is 6. The van der Waals surface area contributed by atoms with Gasteiger partial charge in [-0.1, -0.05) is 38.3 Å². The van der Waals surface area contributed by atoms with Crippen LogP contribution in [0.5, 0.6) is 0 Å². The Labute approximate surface area is 151 Å². The summed E-state index contributed by atoms with van der Waals surface area (Å²) >= 11 is 0. The van der Waals surface area contributed by atoms with Crippen LogP contribution in [0.4, 0.5) is 0 Å². The third-order valence-corrected chi connectivity index (χ3v) is 4.31. The molecule has 4 atom stereocenters. The molecule has 0 radical (unpaired) electrons. The molecule has 0 saturated carbocycles. The summed E-state index contributed by atoms with van der Waals surface area (Å²) in [4.78, 5) is 10.9. The molecule has 4 unspecified atom stereocenters. The van der Waals surface area contributed by atoms with Crippen molar-refractivity contribution in [3.8, 4) is 0 Å².